The zero-order valence-electron chi connectivity index (χ0n) is 16.1. The lowest BCUT2D eigenvalue weighted by Crippen LogP contribution is -2.32. The number of nitrogens with zero attached hydrogens (tertiary/aromatic N) is 4. The Morgan fingerprint density at radius 3 is 3.00 bits per heavy atom. The van der Waals surface area contributed by atoms with Gasteiger partial charge in [-0.1, -0.05) is 0 Å². The molecular weight excluding hydrogens is 372 g/mol. The number of thiophene rings is 1. The number of fused-ring (bicyclic) bond motifs is 4. The van der Waals surface area contributed by atoms with Gasteiger partial charge in [0.1, 0.15) is 22.7 Å². The molecule has 3 heterocycles. The van der Waals surface area contributed by atoms with Gasteiger partial charge in [-0.25, -0.2) is 9.97 Å². The standard InChI is InChI=1S/C20H22N6OS/c1-26(2)12-4-5-13-17(7-12)28-20-18(13)19(21-10-22-20)24-15-6-11-9-23-25-14(11)8-16(15)27-3/h6,8-10,12H,4-5,7H2,1-3H3,(H,23,25)(H,21,22,24). The fourth-order valence-corrected chi connectivity index (χ4v) is 5.25. The third-order valence-corrected chi connectivity index (χ3v) is 6.73. The van der Waals surface area contributed by atoms with Gasteiger partial charge >= 0.3 is 0 Å². The Morgan fingerprint density at radius 2 is 2.18 bits per heavy atom. The molecule has 8 heteroatoms. The number of methoxy groups -OCH3 is 1. The lowest BCUT2D eigenvalue weighted by atomic mass is 9.92. The second kappa shape index (κ2) is 6.72. The van der Waals surface area contributed by atoms with Crippen molar-refractivity contribution < 1.29 is 4.74 Å². The Balaban J connectivity index is 1.59. The molecule has 1 aliphatic carbocycles. The molecule has 0 amide bonds. The SMILES string of the molecule is COc1cc2[nH]ncc2cc1Nc1ncnc2sc3c(c12)CCC(N(C)C)C3. The van der Waals surface area contributed by atoms with Crippen LogP contribution in [0.15, 0.2) is 24.7 Å². The number of ether oxygens (including phenoxy) is 1. The Morgan fingerprint density at radius 1 is 1.29 bits per heavy atom. The highest BCUT2D eigenvalue weighted by Gasteiger charge is 2.26. The van der Waals surface area contributed by atoms with Crippen LogP contribution in [0.3, 0.4) is 0 Å². The van der Waals surface area contributed by atoms with Crippen LogP contribution < -0.4 is 10.1 Å². The van der Waals surface area contributed by atoms with Gasteiger partial charge in [-0.2, -0.15) is 5.10 Å². The first-order chi connectivity index (χ1) is 13.6. The number of aryl methyl sites for hydroxylation is 1. The van der Waals surface area contributed by atoms with Gasteiger partial charge in [0.2, 0.25) is 0 Å². The fourth-order valence-electron chi connectivity index (χ4n) is 3.99. The van der Waals surface area contributed by atoms with Crippen LogP contribution in [0.4, 0.5) is 11.5 Å². The zero-order valence-corrected chi connectivity index (χ0v) is 16.9. The minimum Gasteiger partial charge on any atom is -0.494 e. The molecule has 0 aliphatic heterocycles. The van der Waals surface area contributed by atoms with Crippen LogP contribution in [0.2, 0.25) is 0 Å². The zero-order chi connectivity index (χ0) is 19.3. The molecule has 1 atom stereocenters. The lowest BCUT2D eigenvalue weighted by Gasteiger charge is -2.28. The van der Waals surface area contributed by atoms with Crippen molar-refractivity contribution in [2.75, 3.05) is 26.5 Å². The van der Waals surface area contributed by atoms with E-state index in [1.54, 1.807) is 24.8 Å². The van der Waals surface area contributed by atoms with Crippen molar-refractivity contribution in [2.45, 2.75) is 25.3 Å². The largest absolute Gasteiger partial charge is 0.494 e. The smallest absolute Gasteiger partial charge is 0.144 e. The number of likely N-dealkylation sites (N-methyl/N-ethyl adjacent to an activating group) is 1. The summed E-state index contributed by atoms with van der Waals surface area (Å²) in [6.45, 7) is 0. The Labute approximate surface area is 166 Å². The van der Waals surface area contributed by atoms with Crippen LogP contribution >= 0.6 is 11.3 Å². The summed E-state index contributed by atoms with van der Waals surface area (Å²) in [6.07, 6.45) is 6.73. The average Bonchev–Trinajstić information content (AvgIpc) is 3.30. The average molecular weight is 395 g/mol. The van der Waals surface area contributed by atoms with Crippen LogP contribution in [-0.4, -0.2) is 52.3 Å². The predicted octanol–water partition coefficient (Wildman–Crippen LogP) is 3.74. The van der Waals surface area contributed by atoms with Crippen LogP contribution in [-0.2, 0) is 12.8 Å². The minimum atomic E-state index is 0.591. The molecule has 1 aromatic carbocycles. The predicted molar refractivity (Wildman–Crippen MR) is 113 cm³/mol. The number of hydrogen-bond acceptors (Lipinski definition) is 7. The van der Waals surface area contributed by atoms with Gasteiger partial charge in [-0.3, -0.25) is 5.10 Å². The fraction of sp³-hybridized carbons (Fsp3) is 0.350. The summed E-state index contributed by atoms with van der Waals surface area (Å²) >= 11 is 1.80. The summed E-state index contributed by atoms with van der Waals surface area (Å²) in [6, 6.07) is 4.58. The molecule has 28 heavy (non-hydrogen) atoms. The maximum absolute atomic E-state index is 5.59. The van der Waals surface area contributed by atoms with Gasteiger partial charge in [-0.15, -0.1) is 11.3 Å². The number of H-pyrrole nitrogens is 1. The molecule has 1 aliphatic rings. The lowest BCUT2D eigenvalue weighted by molar-refractivity contribution is 0.270. The summed E-state index contributed by atoms with van der Waals surface area (Å²) in [5.41, 5.74) is 3.21. The van der Waals surface area contributed by atoms with Crippen molar-refractivity contribution in [2.24, 2.45) is 0 Å². The summed E-state index contributed by atoms with van der Waals surface area (Å²) in [4.78, 5) is 13.9. The third kappa shape index (κ3) is 2.80. The quantitative estimate of drug-likeness (QED) is 0.549. The van der Waals surface area contributed by atoms with E-state index < -0.39 is 0 Å². The molecule has 5 rings (SSSR count). The molecule has 1 unspecified atom stereocenters. The Kier molecular flexibility index (Phi) is 4.17. The summed E-state index contributed by atoms with van der Waals surface area (Å²) in [5.74, 6) is 1.59. The molecule has 4 aromatic rings. The van der Waals surface area contributed by atoms with Gasteiger partial charge in [0.25, 0.3) is 0 Å². The van der Waals surface area contributed by atoms with Crippen molar-refractivity contribution in [3.05, 3.63) is 35.1 Å². The van der Waals surface area contributed by atoms with E-state index in [4.69, 9.17) is 4.74 Å². The Hall–Kier alpha value is -2.71. The number of aromatic nitrogens is 4. The van der Waals surface area contributed by atoms with Gasteiger partial charge in [0, 0.05) is 22.4 Å². The highest BCUT2D eigenvalue weighted by molar-refractivity contribution is 7.19. The maximum atomic E-state index is 5.59. The van der Waals surface area contributed by atoms with Crippen molar-refractivity contribution in [1.82, 2.24) is 25.1 Å². The monoisotopic (exact) mass is 394 g/mol. The summed E-state index contributed by atoms with van der Waals surface area (Å²) in [7, 11) is 5.99. The molecule has 0 saturated carbocycles. The van der Waals surface area contributed by atoms with Crippen molar-refractivity contribution in [1.29, 1.82) is 0 Å². The van der Waals surface area contributed by atoms with Gasteiger partial charge in [0.05, 0.1) is 29.9 Å². The van der Waals surface area contributed by atoms with Crippen LogP contribution in [0.1, 0.15) is 16.9 Å². The van der Waals surface area contributed by atoms with E-state index in [0.717, 1.165) is 57.6 Å². The Bertz CT molecular complexity index is 1160. The summed E-state index contributed by atoms with van der Waals surface area (Å²) in [5, 5.41) is 12.8. The molecule has 0 saturated heterocycles. The van der Waals surface area contributed by atoms with Crippen LogP contribution in [0.25, 0.3) is 21.1 Å². The topological polar surface area (TPSA) is 79.0 Å². The maximum Gasteiger partial charge on any atom is 0.144 e. The van der Waals surface area contributed by atoms with E-state index in [-0.39, 0.29) is 0 Å². The van der Waals surface area contributed by atoms with Crippen LogP contribution in [0.5, 0.6) is 5.75 Å². The molecule has 2 N–H and O–H groups in total. The van der Waals surface area contributed by atoms with E-state index in [1.165, 1.54) is 10.4 Å². The van der Waals surface area contributed by atoms with Gasteiger partial charge < -0.3 is 15.0 Å². The second-order valence-corrected chi connectivity index (χ2v) is 8.48. The number of aromatic amines is 1. The number of benzene rings is 1. The van der Waals surface area contributed by atoms with E-state index in [0.29, 0.717) is 6.04 Å². The first-order valence-electron chi connectivity index (χ1n) is 9.34. The molecule has 0 spiro atoms. The summed E-state index contributed by atoms with van der Waals surface area (Å²) < 4.78 is 5.59. The van der Waals surface area contributed by atoms with E-state index in [2.05, 4.69) is 44.5 Å². The van der Waals surface area contributed by atoms with Crippen molar-refractivity contribution in [3.8, 4) is 5.75 Å². The number of rotatable bonds is 4. The first-order valence-corrected chi connectivity index (χ1v) is 10.2. The molecule has 0 fully saturated rings. The molecular formula is C20H22N6OS. The molecule has 144 valence electrons. The van der Waals surface area contributed by atoms with Crippen LogP contribution in [0, 0.1) is 0 Å². The first kappa shape index (κ1) is 17.4. The number of nitrogens with one attached hydrogen (secondary N) is 2. The highest BCUT2D eigenvalue weighted by atomic mass is 32.1. The normalized spacial score (nSPS) is 16.6. The minimum absolute atomic E-state index is 0.591. The van der Waals surface area contributed by atoms with E-state index >= 15 is 0 Å². The number of hydrogen-bond donors (Lipinski definition) is 2. The van der Waals surface area contributed by atoms with Gasteiger partial charge in [0.15, 0.2) is 0 Å². The van der Waals surface area contributed by atoms with Gasteiger partial charge in [-0.05, 0) is 45.0 Å². The second-order valence-electron chi connectivity index (χ2n) is 7.40. The molecule has 0 radical (unpaired) electrons. The molecule has 3 aromatic heterocycles. The third-order valence-electron chi connectivity index (χ3n) is 5.56. The molecule has 7 nitrogen and oxygen atoms in total. The van der Waals surface area contributed by atoms with Crippen molar-refractivity contribution in [3.63, 3.8) is 0 Å². The van der Waals surface area contributed by atoms with Crippen molar-refractivity contribution >= 4 is 44.0 Å². The molecule has 0 bridgehead atoms. The van der Waals surface area contributed by atoms with E-state index in [1.807, 2.05) is 18.3 Å². The highest BCUT2D eigenvalue weighted by Crippen LogP contribution is 2.40. The number of anilines is 2. The van der Waals surface area contributed by atoms with E-state index in [9.17, 15) is 0 Å².